The highest BCUT2D eigenvalue weighted by Crippen LogP contribution is 2.59. The lowest BCUT2D eigenvalue weighted by atomic mass is 9.77. The van der Waals surface area contributed by atoms with Crippen LogP contribution in [-0.4, -0.2) is 33.9 Å². The number of para-hydroxylation sites is 1. The Hall–Kier alpha value is -3.30. The third-order valence-corrected chi connectivity index (χ3v) is 7.61. The van der Waals surface area contributed by atoms with E-state index in [1.807, 2.05) is 0 Å². The van der Waals surface area contributed by atoms with Gasteiger partial charge in [-0.05, 0) is 43.0 Å². The number of nitrogens with two attached hydrogens (primary N) is 1. The van der Waals surface area contributed by atoms with Crippen molar-refractivity contribution in [1.82, 2.24) is 5.16 Å². The summed E-state index contributed by atoms with van der Waals surface area (Å²) in [6.45, 7) is 1.04. The number of nitrogens with zero attached hydrogens (tertiary/aromatic N) is 1. The predicted octanol–water partition coefficient (Wildman–Crippen LogP) is 3.60. The molecule has 0 radical (unpaired) electrons. The summed E-state index contributed by atoms with van der Waals surface area (Å²) >= 11 is 0. The average molecular weight is 467 g/mol. The Bertz CT molecular complexity index is 1420. The van der Waals surface area contributed by atoms with Crippen molar-refractivity contribution in [2.24, 2.45) is 5.14 Å². The third kappa shape index (κ3) is 3.14. The number of aromatic nitrogens is 1. The summed E-state index contributed by atoms with van der Waals surface area (Å²) in [6.07, 6.45) is 4.54. The number of sulfonamides is 1. The lowest BCUT2D eigenvalue weighted by molar-refractivity contribution is 0.125. The Morgan fingerprint density at radius 3 is 2.67 bits per heavy atom. The third-order valence-electron chi connectivity index (χ3n) is 6.67. The second kappa shape index (κ2) is 7.10. The molecule has 170 valence electrons. The lowest BCUT2D eigenvalue weighted by Crippen LogP contribution is -2.18. The van der Waals surface area contributed by atoms with Crippen molar-refractivity contribution in [3.05, 3.63) is 59.4 Å². The molecule has 2 N–H and O–H groups in total. The minimum absolute atomic E-state index is 0.0320. The van der Waals surface area contributed by atoms with Crippen molar-refractivity contribution >= 4 is 15.8 Å². The molecular formula is C24H22N2O6S. The highest BCUT2D eigenvalue weighted by molar-refractivity contribution is 7.89. The summed E-state index contributed by atoms with van der Waals surface area (Å²) in [4.78, 5) is -0.0831. The Morgan fingerprint density at radius 1 is 1.12 bits per heavy atom. The van der Waals surface area contributed by atoms with E-state index < -0.39 is 10.0 Å². The minimum Gasteiger partial charge on any atom is -0.495 e. The summed E-state index contributed by atoms with van der Waals surface area (Å²) in [6, 6.07) is 11.1. The Kier molecular flexibility index (Phi) is 4.37. The van der Waals surface area contributed by atoms with Gasteiger partial charge in [0, 0.05) is 27.7 Å². The number of methoxy groups -OCH3 is 1. The lowest BCUT2D eigenvalue weighted by Gasteiger charge is -2.26. The molecule has 2 aromatic carbocycles. The molecule has 0 saturated heterocycles. The number of benzene rings is 2. The number of hydrogen-bond acceptors (Lipinski definition) is 7. The van der Waals surface area contributed by atoms with Gasteiger partial charge in [0.25, 0.3) is 0 Å². The van der Waals surface area contributed by atoms with E-state index in [0.717, 1.165) is 36.0 Å². The second-order valence-corrected chi connectivity index (χ2v) is 10.2. The first-order valence-electron chi connectivity index (χ1n) is 10.7. The van der Waals surface area contributed by atoms with Gasteiger partial charge in [-0.1, -0.05) is 23.4 Å². The Labute approximate surface area is 191 Å². The summed E-state index contributed by atoms with van der Waals surface area (Å²) in [5, 5.41) is 9.79. The van der Waals surface area contributed by atoms with Gasteiger partial charge in [0.1, 0.15) is 35.8 Å². The summed E-state index contributed by atoms with van der Waals surface area (Å²) in [5.74, 6) is 1.53. The Morgan fingerprint density at radius 2 is 1.97 bits per heavy atom. The number of fused-ring (bicyclic) bond motifs is 4. The van der Waals surface area contributed by atoms with Gasteiger partial charge in [-0.2, -0.15) is 0 Å². The van der Waals surface area contributed by atoms with E-state index in [1.165, 1.54) is 18.7 Å². The van der Waals surface area contributed by atoms with Gasteiger partial charge in [-0.3, -0.25) is 0 Å². The molecule has 1 spiro atoms. The van der Waals surface area contributed by atoms with E-state index in [-0.39, 0.29) is 16.1 Å². The van der Waals surface area contributed by atoms with E-state index >= 15 is 0 Å². The molecule has 9 heteroatoms. The summed E-state index contributed by atoms with van der Waals surface area (Å²) in [5.41, 5.74) is 5.21. The van der Waals surface area contributed by atoms with Crippen LogP contribution in [0.4, 0.5) is 0 Å². The first-order chi connectivity index (χ1) is 15.9. The van der Waals surface area contributed by atoms with Crippen LogP contribution in [-0.2, 0) is 31.3 Å². The number of rotatable bonds is 4. The fraction of sp³-hybridized carbons (Fsp3) is 0.292. The molecule has 33 heavy (non-hydrogen) atoms. The fourth-order valence-corrected chi connectivity index (χ4v) is 5.65. The van der Waals surface area contributed by atoms with Crippen molar-refractivity contribution in [1.29, 1.82) is 0 Å². The van der Waals surface area contributed by atoms with Crippen LogP contribution in [0.1, 0.15) is 29.5 Å². The predicted molar refractivity (Wildman–Crippen MR) is 120 cm³/mol. The quantitative estimate of drug-likeness (QED) is 0.625. The largest absolute Gasteiger partial charge is 0.495 e. The number of ether oxygens (including phenoxy) is 3. The standard InChI is InChI=1S/C24H22N2O6S/c1-29-23-15(3-2-4-20(23)33(25,27)28)21-17-12-24(7-8-24)18-6-5-14(19-13-30-9-10-31-19)11-16(18)22(17)32-26-21/h2-6,11,13H,7-10,12H2,1H3,(H2,25,27,28). The van der Waals surface area contributed by atoms with E-state index in [9.17, 15) is 8.42 Å². The van der Waals surface area contributed by atoms with Crippen molar-refractivity contribution in [2.45, 2.75) is 29.6 Å². The molecule has 8 nitrogen and oxygen atoms in total. The maximum Gasteiger partial charge on any atom is 0.241 e. The molecule has 1 saturated carbocycles. The molecule has 1 aliphatic heterocycles. The molecule has 3 aromatic rings. The van der Waals surface area contributed by atoms with Gasteiger partial charge in [-0.15, -0.1) is 0 Å². The molecule has 0 atom stereocenters. The van der Waals surface area contributed by atoms with Crippen LogP contribution in [0.2, 0.25) is 0 Å². The molecule has 3 aliphatic rings. The van der Waals surface area contributed by atoms with Gasteiger partial charge in [0.05, 0.1) is 7.11 Å². The molecule has 6 rings (SSSR count). The maximum absolute atomic E-state index is 12.1. The summed E-state index contributed by atoms with van der Waals surface area (Å²) in [7, 11) is -2.55. The molecule has 0 bridgehead atoms. The van der Waals surface area contributed by atoms with Crippen LogP contribution in [0.3, 0.4) is 0 Å². The zero-order valence-electron chi connectivity index (χ0n) is 18.0. The minimum atomic E-state index is -3.97. The highest BCUT2D eigenvalue weighted by atomic mass is 32.2. The number of hydrogen-bond donors (Lipinski definition) is 1. The molecular weight excluding hydrogens is 444 g/mol. The molecule has 1 fully saturated rings. The van der Waals surface area contributed by atoms with Crippen LogP contribution in [0.15, 0.2) is 52.1 Å². The van der Waals surface area contributed by atoms with Crippen molar-refractivity contribution < 1.29 is 27.2 Å². The molecule has 2 heterocycles. The van der Waals surface area contributed by atoms with E-state index in [0.29, 0.717) is 36.0 Å². The molecule has 2 aliphatic carbocycles. The maximum atomic E-state index is 12.1. The zero-order chi connectivity index (χ0) is 22.8. The van der Waals surface area contributed by atoms with E-state index in [2.05, 4.69) is 23.4 Å². The van der Waals surface area contributed by atoms with E-state index in [4.69, 9.17) is 23.9 Å². The first kappa shape index (κ1) is 20.3. The van der Waals surface area contributed by atoms with Crippen molar-refractivity contribution in [3.8, 4) is 28.3 Å². The monoisotopic (exact) mass is 466 g/mol. The molecule has 0 unspecified atom stereocenters. The van der Waals surface area contributed by atoms with Crippen LogP contribution in [0.25, 0.3) is 28.3 Å². The smallest absolute Gasteiger partial charge is 0.241 e. The Balaban J connectivity index is 1.53. The molecule has 0 amide bonds. The first-order valence-corrected chi connectivity index (χ1v) is 12.2. The number of primary sulfonamides is 1. The zero-order valence-corrected chi connectivity index (χ0v) is 18.8. The van der Waals surface area contributed by atoms with Crippen LogP contribution < -0.4 is 9.88 Å². The average Bonchev–Trinajstić information content (AvgIpc) is 3.47. The SMILES string of the molecule is COc1c(-c2noc3c2CC2(CC2)c2ccc(C4=COCCO4)cc2-3)cccc1S(N)(=O)=O. The van der Waals surface area contributed by atoms with Gasteiger partial charge in [0.15, 0.2) is 11.5 Å². The fourth-order valence-electron chi connectivity index (χ4n) is 4.93. The van der Waals surface area contributed by atoms with Gasteiger partial charge in [-0.25, -0.2) is 13.6 Å². The summed E-state index contributed by atoms with van der Waals surface area (Å²) < 4.78 is 46.8. The molecule has 1 aromatic heterocycles. The van der Waals surface area contributed by atoms with E-state index in [1.54, 1.807) is 18.4 Å². The second-order valence-electron chi connectivity index (χ2n) is 8.64. The van der Waals surface area contributed by atoms with Crippen molar-refractivity contribution in [2.75, 3.05) is 20.3 Å². The topological polar surface area (TPSA) is 114 Å². The van der Waals surface area contributed by atoms with Crippen LogP contribution in [0, 0.1) is 0 Å². The van der Waals surface area contributed by atoms with Crippen LogP contribution >= 0.6 is 0 Å². The van der Waals surface area contributed by atoms with Crippen LogP contribution in [0.5, 0.6) is 5.75 Å². The van der Waals surface area contributed by atoms with Crippen molar-refractivity contribution in [3.63, 3.8) is 0 Å². The normalized spacial score (nSPS) is 17.9. The van der Waals surface area contributed by atoms with Gasteiger partial charge >= 0.3 is 0 Å². The highest BCUT2D eigenvalue weighted by Gasteiger charge is 2.50. The van der Waals surface area contributed by atoms with Gasteiger partial charge < -0.3 is 18.7 Å². The van der Waals surface area contributed by atoms with Gasteiger partial charge in [0.2, 0.25) is 10.0 Å².